The minimum absolute atomic E-state index is 0.0933. The number of hydrogen-bond donors (Lipinski definition) is 0. The van der Waals surface area contributed by atoms with E-state index in [2.05, 4.69) is 42.5 Å². The second-order valence-electron chi connectivity index (χ2n) is 5.76. The molecule has 0 atom stereocenters. The second-order valence-corrected chi connectivity index (χ2v) is 5.76. The molecule has 0 radical (unpaired) electrons. The van der Waals surface area contributed by atoms with E-state index >= 15 is 0 Å². The van der Waals surface area contributed by atoms with E-state index in [0.717, 1.165) is 31.3 Å². The van der Waals surface area contributed by atoms with Gasteiger partial charge in [-0.3, -0.25) is 4.79 Å². The zero-order valence-corrected chi connectivity index (χ0v) is 14.6. The third-order valence-corrected chi connectivity index (χ3v) is 3.62. The lowest BCUT2D eigenvalue weighted by Crippen LogP contribution is -1.98. The van der Waals surface area contributed by atoms with Crippen molar-refractivity contribution in [3.8, 4) is 0 Å². The number of esters is 1. The SMILES string of the molecule is C=C(/C=C\CCCCC)/C=C\CCCCCCCC(=O)OC. The Hall–Kier alpha value is -1.31. The molecule has 0 aliphatic heterocycles. The molecule has 0 aliphatic rings. The molecule has 126 valence electrons. The van der Waals surface area contributed by atoms with Gasteiger partial charge in [-0.25, -0.2) is 0 Å². The van der Waals surface area contributed by atoms with Crippen LogP contribution in [0.3, 0.4) is 0 Å². The summed E-state index contributed by atoms with van der Waals surface area (Å²) in [5.74, 6) is -0.0933. The summed E-state index contributed by atoms with van der Waals surface area (Å²) in [7, 11) is 1.45. The standard InChI is InChI=1S/C20H34O2/c1-4-5-6-10-13-16-19(2)17-14-11-8-7-9-12-15-18-20(21)22-3/h13-14,16-17H,2,4-12,15,18H2,1,3H3/b16-13-,17-14-. The van der Waals surface area contributed by atoms with Gasteiger partial charge in [0.05, 0.1) is 7.11 Å². The van der Waals surface area contributed by atoms with E-state index in [9.17, 15) is 4.79 Å². The average Bonchev–Trinajstić information content (AvgIpc) is 2.52. The van der Waals surface area contributed by atoms with Gasteiger partial charge in [-0.15, -0.1) is 0 Å². The fraction of sp³-hybridized carbons (Fsp3) is 0.650. The van der Waals surface area contributed by atoms with Gasteiger partial charge in [0.15, 0.2) is 0 Å². The quantitative estimate of drug-likeness (QED) is 0.219. The Bertz CT molecular complexity index is 340. The zero-order valence-electron chi connectivity index (χ0n) is 14.6. The van der Waals surface area contributed by atoms with Gasteiger partial charge in [0.2, 0.25) is 0 Å². The van der Waals surface area contributed by atoms with Crippen molar-refractivity contribution >= 4 is 5.97 Å². The first-order valence-electron chi connectivity index (χ1n) is 8.79. The Balaban J connectivity index is 3.42. The van der Waals surface area contributed by atoms with E-state index in [4.69, 9.17) is 0 Å². The molecular formula is C20H34O2. The van der Waals surface area contributed by atoms with Crippen molar-refractivity contribution in [2.45, 2.75) is 77.6 Å². The summed E-state index contributed by atoms with van der Waals surface area (Å²) in [5, 5.41) is 0. The maximum atomic E-state index is 10.9. The van der Waals surface area contributed by atoms with E-state index in [-0.39, 0.29) is 5.97 Å². The van der Waals surface area contributed by atoms with Gasteiger partial charge in [0.25, 0.3) is 0 Å². The summed E-state index contributed by atoms with van der Waals surface area (Å²) in [5.41, 5.74) is 1.09. The van der Waals surface area contributed by atoms with Crippen LogP contribution >= 0.6 is 0 Å². The normalized spacial score (nSPS) is 11.4. The Morgan fingerprint density at radius 1 is 0.909 bits per heavy atom. The molecule has 0 rings (SSSR count). The van der Waals surface area contributed by atoms with Crippen LogP contribution in [0.2, 0.25) is 0 Å². The molecule has 0 unspecified atom stereocenters. The van der Waals surface area contributed by atoms with Gasteiger partial charge in [-0.1, -0.05) is 69.9 Å². The maximum absolute atomic E-state index is 10.9. The minimum atomic E-state index is -0.0933. The van der Waals surface area contributed by atoms with Crippen molar-refractivity contribution in [2.24, 2.45) is 0 Å². The topological polar surface area (TPSA) is 26.3 Å². The van der Waals surface area contributed by atoms with E-state index in [1.165, 1.54) is 45.6 Å². The highest BCUT2D eigenvalue weighted by Gasteiger charge is 1.98. The number of carbonyl (C=O) groups excluding carboxylic acids is 1. The largest absolute Gasteiger partial charge is 0.469 e. The Morgan fingerprint density at radius 3 is 2.05 bits per heavy atom. The van der Waals surface area contributed by atoms with Gasteiger partial charge in [0.1, 0.15) is 0 Å². The second kappa shape index (κ2) is 16.1. The molecule has 0 saturated heterocycles. The molecule has 2 heteroatoms. The monoisotopic (exact) mass is 306 g/mol. The third kappa shape index (κ3) is 15.1. The molecular weight excluding hydrogens is 272 g/mol. The number of unbranched alkanes of at least 4 members (excludes halogenated alkanes) is 8. The lowest BCUT2D eigenvalue weighted by atomic mass is 10.1. The Morgan fingerprint density at radius 2 is 1.45 bits per heavy atom. The first-order valence-corrected chi connectivity index (χ1v) is 8.79. The lowest BCUT2D eigenvalue weighted by molar-refractivity contribution is -0.140. The molecule has 0 aliphatic carbocycles. The smallest absolute Gasteiger partial charge is 0.305 e. The summed E-state index contributed by atoms with van der Waals surface area (Å²) in [6, 6.07) is 0. The van der Waals surface area contributed by atoms with E-state index in [0.29, 0.717) is 6.42 Å². The summed E-state index contributed by atoms with van der Waals surface area (Å²) in [6.45, 7) is 6.26. The van der Waals surface area contributed by atoms with E-state index < -0.39 is 0 Å². The molecule has 0 N–H and O–H groups in total. The minimum Gasteiger partial charge on any atom is -0.469 e. The highest BCUT2D eigenvalue weighted by atomic mass is 16.5. The average molecular weight is 306 g/mol. The van der Waals surface area contributed by atoms with Crippen LogP contribution in [0.15, 0.2) is 36.5 Å². The van der Waals surface area contributed by atoms with Crippen LogP contribution in [-0.2, 0) is 9.53 Å². The first-order chi connectivity index (χ1) is 10.7. The van der Waals surface area contributed by atoms with Gasteiger partial charge in [-0.2, -0.15) is 0 Å². The molecule has 0 amide bonds. The van der Waals surface area contributed by atoms with Crippen LogP contribution < -0.4 is 0 Å². The molecule has 0 spiro atoms. The fourth-order valence-corrected chi connectivity index (χ4v) is 2.20. The van der Waals surface area contributed by atoms with Gasteiger partial charge in [-0.05, 0) is 37.7 Å². The lowest BCUT2D eigenvalue weighted by Gasteiger charge is -2.00. The number of ether oxygens (including phenoxy) is 1. The zero-order chi connectivity index (χ0) is 16.5. The van der Waals surface area contributed by atoms with Gasteiger partial charge >= 0.3 is 5.97 Å². The summed E-state index contributed by atoms with van der Waals surface area (Å²) < 4.78 is 4.62. The molecule has 0 heterocycles. The molecule has 22 heavy (non-hydrogen) atoms. The Labute approximate surface area is 137 Å². The number of carbonyl (C=O) groups is 1. The van der Waals surface area contributed by atoms with Crippen LogP contribution in [0.1, 0.15) is 77.6 Å². The predicted molar refractivity (Wildman–Crippen MR) is 95.9 cm³/mol. The van der Waals surface area contributed by atoms with Gasteiger partial charge < -0.3 is 4.74 Å². The third-order valence-electron chi connectivity index (χ3n) is 3.62. The molecule has 0 aromatic carbocycles. The van der Waals surface area contributed by atoms with Gasteiger partial charge in [0, 0.05) is 6.42 Å². The molecule has 0 fully saturated rings. The van der Waals surface area contributed by atoms with E-state index in [1.54, 1.807) is 0 Å². The highest BCUT2D eigenvalue weighted by molar-refractivity contribution is 5.68. The van der Waals surface area contributed by atoms with Crippen molar-refractivity contribution < 1.29 is 9.53 Å². The van der Waals surface area contributed by atoms with Crippen LogP contribution in [0, 0.1) is 0 Å². The molecule has 0 aromatic heterocycles. The maximum Gasteiger partial charge on any atom is 0.305 e. The van der Waals surface area contributed by atoms with Crippen LogP contribution in [0.5, 0.6) is 0 Å². The summed E-state index contributed by atoms with van der Waals surface area (Å²) >= 11 is 0. The molecule has 0 saturated carbocycles. The fourth-order valence-electron chi connectivity index (χ4n) is 2.20. The summed E-state index contributed by atoms with van der Waals surface area (Å²) in [4.78, 5) is 10.9. The molecule has 0 bridgehead atoms. The number of rotatable bonds is 14. The van der Waals surface area contributed by atoms with Crippen molar-refractivity contribution in [2.75, 3.05) is 7.11 Å². The Kier molecular flexibility index (Phi) is 15.1. The number of allylic oxidation sites excluding steroid dienone is 5. The van der Waals surface area contributed by atoms with Crippen molar-refractivity contribution in [3.05, 3.63) is 36.5 Å². The number of methoxy groups -OCH3 is 1. The van der Waals surface area contributed by atoms with Crippen molar-refractivity contribution in [1.82, 2.24) is 0 Å². The summed E-state index contributed by atoms with van der Waals surface area (Å²) in [6.07, 6.45) is 21.1. The number of hydrogen-bond acceptors (Lipinski definition) is 2. The van der Waals surface area contributed by atoms with Crippen molar-refractivity contribution in [1.29, 1.82) is 0 Å². The van der Waals surface area contributed by atoms with Crippen LogP contribution in [0.25, 0.3) is 0 Å². The van der Waals surface area contributed by atoms with Crippen LogP contribution in [0.4, 0.5) is 0 Å². The van der Waals surface area contributed by atoms with Crippen LogP contribution in [-0.4, -0.2) is 13.1 Å². The molecule has 2 nitrogen and oxygen atoms in total. The van der Waals surface area contributed by atoms with E-state index in [1.807, 2.05) is 0 Å². The first kappa shape index (κ1) is 20.7. The predicted octanol–water partition coefficient (Wildman–Crippen LogP) is 6.14. The molecule has 0 aromatic rings. The highest BCUT2D eigenvalue weighted by Crippen LogP contribution is 2.09. The van der Waals surface area contributed by atoms with Crippen molar-refractivity contribution in [3.63, 3.8) is 0 Å².